The number of aromatic nitrogens is 5. The molecule has 1 aliphatic heterocycles. The van der Waals surface area contributed by atoms with Gasteiger partial charge in [0.15, 0.2) is 0 Å². The van der Waals surface area contributed by atoms with Crippen molar-refractivity contribution < 1.29 is 19.1 Å². The molecule has 0 unspecified atom stereocenters. The van der Waals surface area contributed by atoms with Crippen LogP contribution in [0.1, 0.15) is 54.5 Å². The van der Waals surface area contributed by atoms with Crippen LogP contribution in [0, 0.1) is 6.92 Å². The van der Waals surface area contributed by atoms with Crippen molar-refractivity contribution in [3.05, 3.63) is 120 Å². The topological polar surface area (TPSA) is 160 Å². The number of fused-ring (bicyclic) bond motifs is 1. The van der Waals surface area contributed by atoms with Crippen LogP contribution in [-0.4, -0.2) is 81.0 Å². The molecule has 0 bridgehead atoms. The predicted octanol–water partition coefficient (Wildman–Crippen LogP) is 7.24. The second-order valence-electron chi connectivity index (χ2n) is 15.0. The smallest absolute Gasteiger partial charge is 0.324 e. The fourth-order valence-electron chi connectivity index (χ4n) is 6.35. The molecule has 14 nitrogen and oxygen atoms in total. The van der Waals surface area contributed by atoms with E-state index >= 15 is 0 Å². The standard InChI is InChI=1S/C43H48N10O4/c1-29-10-12-31(13-11-29)53-40(25-37(51-53)43(2,3)4)50-42(55)48-34-14-15-36(33-9-6-5-8-32(33)34)57-28-30-16-18-44-38(24-30)49-39-27-46-35(26-47-39)41(54)45-17-7-19-52-20-22-56-23-21-52/h5-6,8-16,18,24-27H,7,17,19-23,28H2,1-4H3,(H,45,54)(H,44,47,49)(H2,48,50,55). The van der Waals surface area contributed by atoms with Gasteiger partial charge in [0.25, 0.3) is 5.91 Å². The molecule has 1 aliphatic rings. The second-order valence-corrected chi connectivity index (χ2v) is 15.0. The molecule has 57 heavy (non-hydrogen) atoms. The van der Waals surface area contributed by atoms with E-state index in [2.05, 4.69) is 61.9 Å². The first-order valence-corrected chi connectivity index (χ1v) is 19.1. The molecule has 3 aromatic heterocycles. The highest BCUT2D eigenvalue weighted by Gasteiger charge is 2.22. The summed E-state index contributed by atoms with van der Waals surface area (Å²) in [4.78, 5) is 41.5. The third kappa shape index (κ3) is 10.1. The minimum Gasteiger partial charge on any atom is -0.488 e. The number of nitrogens with one attached hydrogen (secondary N) is 4. The van der Waals surface area contributed by atoms with Gasteiger partial charge in [-0.25, -0.2) is 24.4 Å². The molecular weight excluding hydrogens is 721 g/mol. The Labute approximate surface area is 332 Å². The number of anilines is 4. The molecule has 6 aromatic rings. The van der Waals surface area contributed by atoms with Gasteiger partial charge >= 0.3 is 6.03 Å². The number of morpholine rings is 1. The summed E-state index contributed by atoms with van der Waals surface area (Å²) in [7, 11) is 0. The zero-order valence-corrected chi connectivity index (χ0v) is 32.7. The molecule has 0 saturated carbocycles. The van der Waals surface area contributed by atoms with Crippen molar-refractivity contribution in [2.45, 2.75) is 46.1 Å². The second kappa shape index (κ2) is 17.6. The number of carbonyl (C=O) groups is 2. The van der Waals surface area contributed by atoms with Gasteiger partial charge in [0, 0.05) is 48.1 Å². The van der Waals surface area contributed by atoms with E-state index in [0.717, 1.165) is 72.5 Å². The number of ether oxygens (including phenoxy) is 2. The lowest BCUT2D eigenvalue weighted by atomic mass is 9.92. The molecular formula is C43H48N10O4. The Hall–Kier alpha value is -6.38. The van der Waals surface area contributed by atoms with Crippen LogP contribution >= 0.6 is 0 Å². The van der Waals surface area contributed by atoms with Crippen LogP contribution in [0.25, 0.3) is 16.5 Å². The van der Waals surface area contributed by atoms with Gasteiger partial charge in [-0.15, -0.1) is 0 Å². The molecule has 3 aromatic carbocycles. The largest absolute Gasteiger partial charge is 0.488 e. The van der Waals surface area contributed by atoms with Gasteiger partial charge in [-0.05, 0) is 61.9 Å². The first-order valence-electron chi connectivity index (χ1n) is 19.1. The maximum Gasteiger partial charge on any atom is 0.324 e. The Morgan fingerprint density at radius 1 is 0.860 bits per heavy atom. The summed E-state index contributed by atoms with van der Waals surface area (Å²) in [5.74, 6) is 1.98. The number of carbonyl (C=O) groups excluding carboxylic acids is 2. The van der Waals surface area contributed by atoms with E-state index in [9.17, 15) is 9.59 Å². The Balaban J connectivity index is 0.958. The quantitative estimate of drug-likeness (QED) is 0.0883. The molecule has 4 heterocycles. The van der Waals surface area contributed by atoms with Crippen molar-refractivity contribution in [2.75, 3.05) is 55.3 Å². The SMILES string of the molecule is Cc1ccc(-n2nc(C(C)(C)C)cc2NC(=O)Nc2ccc(OCc3ccnc(Nc4cnc(C(=O)NCCCN5CCOCC5)cn4)c3)c3ccccc23)cc1. The predicted molar refractivity (Wildman–Crippen MR) is 222 cm³/mol. The lowest BCUT2D eigenvalue weighted by molar-refractivity contribution is 0.0374. The minimum absolute atomic E-state index is 0.214. The van der Waals surface area contributed by atoms with E-state index in [-0.39, 0.29) is 23.6 Å². The van der Waals surface area contributed by atoms with Crippen LogP contribution < -0.4 is 26.0 Å². The zero-order chi connectivity index (χ0) is 39.8. The van der Waals surface area contributed by atoms with E-state index < -0.39 is 6.03 Å². The molecule has 4 N–H and O–H groups in total. The summed E-state index contributed by atoms with van der Waals surface area (Å²) in [6.45, 7) is 13.4. The van der Waals surface area contributed by atoms with Gasteiger partial charge in [0.2, 0.25) is 0 Å². The summed E-state index contributed by atoms with van der Waals surface area (Å²) in [5, 5.41) is 18.6. The van der Waals surface area contributed by atoms with E-state index in [1.165, 1.54) is 12.4 Å². The van der Waals surface area contributed by atoms with Crippen LogP contribution in [0.2, 0.25) is 0 Å². The van der Waals surface area contributed by atoms with Crippen molar-refractivity contribution in [3.8, 4) is 11.4 Å². The Bertz CT molecular complexity index is 2310. The fourth-order valence-corrected chi connectivity index (χ4v) is 6.35. The highest BCUT2D eigenvalue weighted by Crippen LogP contribution is 2.33. The number of hydrogen-bond donors (Lipinski definition) is 4. The zero-order valence-electron chi connectivity index (χ0n) is 32.7. The number of amides is 3. The van der Waals surface area contributed by atoms with Gasteiger partial charge < -0.3 is 25.4 Å². The molecule has 0 aliphatic carbocycles. The number of aryl methyl sites for hydroxylation is 1. The normalized spacial score (nSPS) is 13.3. The summed E-state index contributed by atoms with van der Waals surface area (Å²) in [6, 6.07) is 24.7. The van der Waals surface area contributed by atoms with Gasteiger partial charge in [0.1, 0.15) is 35.5 Å². The van der Waals surface area contributed by atoms with Crippen molar-refractivity contribution in [2.24, 2.45) is 0 Å². The molecule has 3 amide bonds. The average Bonchev–Trinajstić information content (AvgIpc) is 3.64. The lowest BCUT2D eigenvalue weighted by Gasteiger charge is -2.26. The van der Waals surface area contributed by atoms with Crippen LogP contribution in [-0.2, 0) is 16.8 Å². The van der Waals surface area contributed by atoms with Gasteiger partial charge in [-0.2, -0.15) is 5.10 Å². The summed E-state index contributed by atoms with van der Waals surface area (Å²) < 4.78 is 13.5. The van der Waals surface area contributed by atoms with Crippen molar-refractivity contribution >= 4 is 45.9 Å². The van der Waals surface area contributed by atoms with Crippen LogP contribution in [0.15, 0.2) is 97.5 Å². The highest BCUT2D eigenvalue weighted by molar-refractivity contribution is 6.07. The summed E-state index contributed by atoms with van der Waals surface area (Å²) >= 11 is 0. The van der Waals surface area contributed by atoms with Crippen molar-refractivity contribution in [3.63, 3.8) is 0 Å². The van der Waals surface area contributed by atoms with Crippen molar-refractivity contribution in [1.29, 1.82) is 0 Å². The van der Waals surface area contributed by atoms with E-state index in [4.69, 9.17) is 14.6 Å². The van der Waals surface area contributed by atoms with E-state index in [1.807, 2.05) is 85.8 Å². The molecule has 0 atom stereocenters. The number of hydrogen-bond acceptors (Lipinski definition) is 10. The summed E-state index contributed by atoms with van der Waals surface area (Å²) in [5.41, 5.74) is 4.39. The number of nitrogens with zero attached hydrogens (tertiary/aromatic N) is 6. The number of benzene rings is 3. The lowest BCUT2D eigenvalue weighted by Crippen LogP contribution is -2.38. The van der Waals surface area contributed by atoms with Crippen LogP contribution in [0.4, 0.5) is 27.9 Å². The molecule has 294 valence electrons. The summed E-state index contributed by atoms with van der Waals surface area (Å²) in [6.07, 6.45) is 5.50. The molecule has 1 fully saturated rings. The molecule has 14 heteroatoms. The first-order chi connectivity index (χ1) is 27.6. The molecule has 1 saturated heterocycles. The maximum atomic E-state index is 13.5. The fraction of sp³-hybridized carbons (Fsp3) is 0.302. The van der Waals surface area contributed by atoms with Gasteiger partial charge in [0.05, 0.1) is 42.7 Å². The Morgan fingerprint density at radius 3 is 2.40 bits per heavy atom. The van der Waals surface area contributed by atoms with Crippen LogP contribution in [0.5, 0.6) is 5.75 Å². The molecule has 0 radical (unpaired) electrons. The van der Waals surface area contributed by atoms with E-state index in [1.54, 1.807) is 10.9 Å². The Morgan fingerprint density at radius 2 is 1.65 bits per heavy atom. The molecule has 7 rings (SSSR count). The van der Waals surface area contributed by atoms with Gasteiger partial charge in [-0.1, -0.05) is 62.7 Å². The number of pyridine rings is 1. The van der Waals surface area contributed by atoms with Gasteiger partial charge in [-0.3, -0.25) is 15.0 Å². The highest BCUT2D eigenvalue weighted by atomic mass is 16.5. The monoisotopic (exact) mass is 768 g/mol. The van der Waals surface area contributed by atoms with E-state index in [0.29, 0.717) is 35.4 Å². The minimum atomic E-state index is -0.392. The molecule has 0 spiro atoms. The Kier molecular flexibility index (Phi) is 12.0. The van der Waals surface area contributed by atoms with Crippen LogP contribution in [0.3, 0.4) is 0 Å². The first kappa shape index (κ1) is 38.9. The average molecular weight is 769 g/mol. The van der Waals surface area contributed by atoms with Crippen molar-refractivity contribution in [1.82, 2.24) is 34.9 Å². The number of urea groups is 1. The third-order valence-electron chi connectivity index (χ3n) is 9.53. The maximum absolute atomic E-state index is 13.5. The third-order valence-corrected chi connectivity index (χ3v) is 9.53. The number of rotatable bonds is 13.